The van der Waals surface area contributed by atoms with Crippen LogP contribution in [0.4, 0.5) is 19.3 Å². The third-order valence-electron chi connectivity index (χ3n) is 4.98. The number of carbonyl (C=O) groups excluding carboxylic acids is 2. The molecule has 0 saturated carbocycles. The molecule has 2 N–H and O–H groups in total. The molecule has 2 aromatic rings. The van der Waals surface area contributed by atoms with Gasteiger partial charge in [0.15, 0.2) is 18.2 Å². The van der Waals surface area contributed by atoms with Crippen LogP contribution < -0.4 is 15.4 Å². The van der Waals surface area contributed by atoms with Crippen LogP contribution in [0, 0.1) is 24.5 Å². The molecule has 3 amide bonds. The highest BCUT2D eigenvalue weighted by Crippen LogP contribution is 2.19. The van der Waals surface area contributed by atoms with Crippen molar-refractivity contribution in [3.8, 4) is 5.75 Å². The van der Waals surface area contributed by atoms with Gasteiger partial charge in [-0.1, -0.05) is 17.7 Å². The summed E-state index contributed by atoms with van der Waals surface area (Å²) in [6.07, 6.45) is 1.70. The summed E-state index contributed by atoms with van der Waals surface area (Å²) in [5.74, 6) is -1.86. The smallest absolute Gasteiger partial charge is 0.319 e. The Morgan fingerprint density at radius 1 is 1.17 bits per heavy atom. The summed E-state index contributed by atoms with van der Waals surface area (Å²) in [5, 5.41) is 5.62. The van der Waals surface area contributed by atoms with Crippen LogP contribution in [0.3, 0.4) is 0 Å². The quantitative estimate of drug-likeness (QED) is 0.753. The Morgan fingerprint density at radius 2 is 1.93 bits per heavy atom. The predicted octanol–water partition coefficient (Wildman–Crippen LogP) is 3.71. The second kappa shape index (κ2) is 10.0. The Balaban J connectivity index is 1.43. The van der Waals surface area contributed by atoms with E-state index in [2.05, 4.69) is 10.6 Å². The molecule has 2 aromatic carbocycles. The van der Waals surface area contributed by atoms with E-state index in [1.54, 1.807) is 4.90 Å². The average Bonchev–Trinajstić information content (AvgIpc) is 2.73. The SMILES string of the molecule is Cc1ccc(NC(=O)NCC2CCCN(C(=O)COc3ccc(F)cc3F)C2)cc1. The minimum atomic E-state index is -0.844. The molecule has 160 valence electrons. The fourth-order valence-electron chi connectivity index (χ4n) is 3.33. The lowest BCUT2D eigenvalue weighted by Gasteiger charge is -2.32. The van der Waals surface area contributed by atoms with Gasteiger partial charge in [-0.2, -0.15) is 0 Å². The number of carbonyl (C=O) groups is 2. The van der Waals surface area contributed by atoms with Crippen LogP contribution in [0.1, 0.15) is 18.4 Å². The summed E-state index contributed by atoms with van der Waals surface area (Å²) in [4.78, 5) is 26.1. The van der Waals surface area contributed by atoms with Gasteiger partial charge in [0.2, 0.25) is 0 Å². The molecule has 8 heteroatoms. The zero-order valence-electron chi connectivity index (χ0n) is 16.8. The van der Waals surface area contributed by atoms with E-state index in [0.717, 1.165) is 30.5 Å². The lowest BCUT2D eigenvalue weighted by molar-refractivity contribution is -0.135. The first-order valence-corrected chi connectivity index (χ1v) is 9.88. The fraction of sp³-hybridized carbons (Fsp3) is 0.364. The van der Waals surface area contributed by atoms with Gasteiger partial charge in [-0.15, -0.1) is 0 Å². The van der Waals surface area contributed by atoms with Gasteiger partial charge >= 0.3 is 6.03 Å². The summed E-state index contributed by atoms with van der Waals surface area (Å²) >= 11 is 0. The van der Waals surface area contributed by atoms with Crippen molar-refractivity contribution in [1.82, 2.24) is 10.2 Å². The van der Waals surface area contributed by atoms with Gasteiger partial charge in [-0.25, -0.2) is 13.6 Å². The number of hydrogen-bond donors (Lipinski definition) is 2. The van der Waals surface area contributed by atoms with E-state index in [1.807, 2.05) is 31.2 Å². The molecule has 1 unspecified atom stereocenters. The van der Waals surface area contributed by atoms with Crippen molar-refractivity contribution in [1.29, 1.82) is 0 Å². The Bertz CT molecular complexity index is 890. The monoisotopic (exact) mass is 417 g/mol. The van der Waals surface area contributed by atoms with Crippen LogP contribution in [0.25, 0.3) is 0 Å². The maximum atomic E-state index is 13.6. The minimum Gasteiger partial charge on any atom is -0.481 e. The number of amides is 3. The maximum absolute atomic E-state index is 13.6. The van der Waals surface area contributed by atoms with Crippen molar-refractivity contribution < 1.29 is 23.1 Å². The van der Waals surface area contributed by atoms with Crippen LogP contribution in [-0.4, -0.2) is 43.1 Å². The Hall–Kier alpha value is -3.16. The molecule has 1 fully saturated rings. The summed E-state index contributed by atoms with van der Waals surface area (Å²) in [7, 11) is 0. The van der Waals surface area contributed by atoms with Crippen molar-refractivity contribution in [2.45, 2.75) is 19.8 Å². The number of anilines is 1. The fourth-order valence-corrected chi connectivity index (χ4v) is 3.33. The molecule has 0 spiro atoms. The molecule has 0 radical (unpaired) electrons. The average molecular weight is 417 g/mol. The number of nitrogens with one attached hydrogen (secondary N) is 2. The molecule has 0 bridgehead atoms. The largest absolute Gasteiger partial charge is 0.481 e. The normalized spacial score (nSPS) is 16.1. The molecular weight excluding hydrogens is 392 g/mol. The third kappa shape index (κ3) is 6.17. The molecular formula is C22H25F2N3O3. The second-order valence-electron chi connectivity index (χ2n) is 7.41. The highest BCUT2D eigenvalue weighted by molar-refractivity contribution is 5.89. The van der Waals surface area contributed by atoms with Crippen LogP contribution >= 0.6 is 0 Å². The lowest BCUT2D eigenvalue weighted by atomic mass is 9.98. The number of urea groups is 1. The second-order valence-corrected chi connectivity index (χ2v) is 7.41. The Kier molecular flexibility index (Phi) is 7.21. The molecule has 1 heterocycles. The van der Waals surface area contributed by atoms with E-state index in [-0.39, 0.29) is 30.2 Å². The lowest BCUT2D eigenvalue weighted by Crippen LogP contribution is -2.45. The zero-order chi connectivity index (χ0) is 21.5. The Labute approximate surface area is 174 Å². The number of halogens is 2. The van der Waals surface area contributed by atoms with Gasteiger partial charge in [0.25, 0.3) is 5.91 Å². The number of nitrogens with zero attached hydrogens (tertiary/aromatic N) is 1. The highest BCUT2D eigenvalue weighted by Gasteiger charge is 2.24. The van der Waals surface area contributed by atoms with Gasteiger partial charge in [0.05, 0.1) is 0 Å². The number of rotatable bonds is 6. The van der Waals surface area contributed by atoms with Gasteiger partial charge in [-0.05, 0) is 49.9 Å². The maximum Gasteiger partial charge on any atom is 0.319 e. The molecule has 3 rings (SSSR count). The number of hydrogen-bond acceptors (Lipinski definition) is 3. The van der Waals surface area contributed by atoms with Crippen molar-refractivity contribution >= 4 is 17.6 Å². The van der Waals surface area contributed by atoms with Gasteiger partial charge in [0.1, 0.15) is 5.82 Å². The highest BCUT2D eigenvalue weighted by atomic mass is 19.1. The van der Waals surface area contributed by atoms with Gasteiger partial charge in [-0.3, -0.25) is 4.79 Å². The minimum absolute atomic E-state index is 0.119. The number of likely N-dealkylation sites (tertiary alicyclic amines) is 1. The molecule has 1 aliphatic rings. The number of aryl methyl sites for hydroxylation is 1. The van der Waals surface area contributed by atoms with Crippen LogP contribution in [0.2, 0.25) is 0 Å². The third-order valence-corrected chi connectivity index (χ3v) is 4.98. The number of ether oxygens (including phenoxy) is 1. The molecule has 0 aliphatic carbocycles. The zero-order valence-corrected chi connectivity index (χ0v) is 16.8. The van der Waals surface area contributed by atoms with E-state index >= 15 is 0 Å². The van der Waals surface area contributed by atoms with E-state index in [1.165, 1.54) is 0 Å². The molecule has 1 atom stereocenters. The van der Waals surface area contributed by atoms with Crippen LogP contribution in [0.15, 0.2) is 42.5 Å². The van der Waals surface area contributed by atoms with E-state index < -0.39 is 11.6 Å². The summed E-state index contributed by atoms with van der Waals surface area (Å²) < 4.78 is 31.8. The van der Waals surface area contributed by atoms with E-state index in [9.17, 15) is 18.4 Å². The van der Waals surface area contributed by atoms with Crippen LogP contribution in [0.5, 0.6) is 5.75 Å². The van der Waals surface area contributed by atoms with E-state index in [0.29, 0.717) is 31.4 Å². The standard InChI is InChI=1S/C22H25F2N3O3/c1-15-4-7-18(8-5-15)26-22(29)25-12-16-3-2-10-27(13-16)21(28)14-30-20-9-6-17(23)11-19(20)24/h4-9,11,16H,2-3,10,12-14H2,1H3,(H2,25,26,29). The topological polar surface area (TPSA) is 70.7 Å². The van der Waals surface area contributed by atoms with Crippen molar-refractivity contribution in [3.05, 3.63) is 59.7 Å². The number of piperidine rings is 1. The summed E-state index contributed by atoms with van der Waals surface area (Å²) in [5.41, 5.74) is 1.82. The number of benzene rings is 2. The predicted molar refractivity (Wildman–Crippen MR) is 109 cm³/mol. The first-order chi connectivity index (χ1) is 14.4. The summed E-state index contributed by atoms with van der Waals surface area (Å²) in [6, 6.07) is 10.2. The Morgan fingerprint density at radius 3 is 2.67 bits per heavy atom. The summed E-state index contributed by atoms with van der Waals surface area (Å²) in [6.45, 7) is 3.16. The molecule has 1 saturated heterocycles. The molecule has 6 nitrogen and oxygen atoms in total. The first kappa shape index (κ1) is 21.5. The van der Waals surface area contributed by atoms with Crippen molar-refractivity contribution in [3.63, 3.8) is 0 Å². The first-order valence-electron chi connectivity index (χ1n) is 9.88. The molecule has 0 aromatic heterocycles. The molecule has 30 heavy (non-hydrogen) atoms. The van der Waals surface area contributed by atoms with Gasteiger partial charge < -0.3 is 20.3 Å². The molecule has 1 aliphatic heterocycles. The van der Waals surface area contributed by atoms with Gasteiger partial charge in [0, 0.05) is 31.4 Å². The van der Waals surface area contributed by atoms with E-state index in [4.69, 9.17) is 4.74 Å². The van der Waals surface area contributed by atoms with Crippen molar-refractivity contribution in [2.24, 2.45) is 5.92 Å². The van der Waals surface area contributed by atoms with Crippen molar-refractivity contribution in [2.75, 3.05) is 31.6 Å². The van der Waals surface area contributed by atoms with Crippen LogP contribution in [-0.2, 0) is 4.79 Å².